The molecule has 20 heavy (non-hydrogen) atoms. The number of nitrogens with zero attached hydrogens (tertiary/aromatic N) is 3. The van der Waals surface area contributed by atoms with Gasteiger partial charge in [0.25, 0.3) is 5.91 Å². The number of carbonyl (C=O) groups is 1. The van der Waals surface area contributed by atoms with E-state index in [2.05, 4.69) is 15.4 Å². The van der Waals surface area contributed by atoms with Crippen LogP contribution in [0.15, 0.2) is 42.9 Å². The molecule has 2 aromatic heterocycles. The van der Waals surface area contributed by atoms with Crippen molar-refractivity contribution in [3.63, 3.8) is 0 Å². The zero-order valence-corrected chi connectivity index (χ0v) is 11.6. The van der Waals surface area contributed by atoms with Gasteiger partial charge >= 0.3 is 0 Å². The summed E-state index contributed by atoms with van der Waals surface area (Å²) in [6.07, 6.45) is 4.84. The summed E-state index contributed by atoms with van der Waals surface area (Å²) in [4.78, 5) is 16.3. The molecule has 0 aliphatic rings. The minimum absolute atomic E-state index is 0.305. The van der Waals surface area contributed by atoms with Gasteiger partial charge in [0.2, 0.25) is 0 Å². The second-order valence-electron chi connectivity index (χ2n) is 4.05. The van der Waals surface area contributed by atoms with Gasteiger partial charge in [-0.1, -0.05) is 23.2 Å². The maximum absolute atomic E-state index is 12.1. The number of anilines is 1. The molecule has 7 heteroatoms. The number of fused-ring (bicyclic) bond motifs is 1. The van der Waals surface area contributed by atoms with Gasteiger partial charge in [-0.05, 0) is 18.2 Å². The van der Waals surface area contributed by atoms with Crippen molar-refractivity contribution in [3.05, 3.63) is 58.5 Å². The summed E-state index contributed by atoms with van der Waals surface area (Å²) in [5.74, 6) is -0.356. The molecule has 5 nitrogen and oxygen atoms in total. The quantitative estimate of drug-likeness (QED) is 0.790. The Kier molecular flexibility index (Phi) is 3.30. The summed E-state index contributed by atoms with van der Waals surface area (Å²) in [6, 6.07) is 6.48. The normalized spacial score (nSPS) is 10.7. The minimum Gasteiger partial charge on any atom is -0.319 e. The molecule has 0 unspecified atom stereocenters. The molecule has 100 valence electrons. The van der Waals surface area contributed by atoms with Gasteiger partial charge in [0.15, 0.2) is 5.65 Å². The summed E-state index contributed by atoms with van der Waals surface area (Å²) < 4.78 is 1.56. The van der Waals surface area contributed by atoms with Crippen molar-refractivity contribution in [1.82, 2.24) is 14.6 Å². The first-order chi connectivity index (χ1) is 9.63. The van der Waals surface area contributed by atoms with E-state index in [4.69, 9.17) is 23.2 Å². The molecule has 0 fully saturated rings. The summed E-state index contributed by atoms with van der Waals surface area (Å²) in [7, 11) is 0. The Morgan fingerprint density at radius 1 is 1.25 bits per heavy atom. The molecule has 1 amide bonds. The fourth-order valence-electron chi connectivity index (χ4n) is 1.74. The van der Waals surface area contributed by atoms with Crippen molar-refractivity contribution in [2.75, 3.05) is 5.32 Å². The SMILES string of the molecule is O=C(Nc1cnc2ccnn2c1)c1cc(Cl)ccc1Cl. The maximum Gasteiger partial charge on any atom is 0.257 e. The molecule has 0 aliphatic heterocycles. The third-order valence-corrected chi connectivity index (χ3v) is 3.24. The van der Waals surface area contributed by atoms with Crippen molar-refractivity contribution in [3.8, 4) is 0 Å². The lowest BCUT2D eigenvalue weighted by Crippen LogP contribution is -2.13. The predicted molar refractivity (Wildman–Crippen MR) is 77.4 cm³/mol. The lowest BCUT2D eigenvalue weighted by molar-refractivity contribution is 0.102. The van der Waals surface area contributed by atoms with Crippen LogP contribution in [-0.2, 0) is 0 Å². The van der Waals surface area contributed by atoms with E-state index in [9.17, 15) is 4.79 Å². The topological polar surface area (TPSA) is 59.3 Å². The van der Waals surface area contributed by atoms with Gasteiger partial charge in [0, 0.05) is 11.1 Å². The Labute approximate surface area is 124 Å². The van der Waals surface area contributed by atoms with Gasteiger partial charge in [-0.25, -0.2) is 9.50 Å². The number of nitrogens with one attached hydrogen (secondary N) is 1. The number of rotatable bonds is 2. The molecule has 3 aromatic rings. The van der Waals surface area contributed by atoms with Crippen LogP contribution >= 0.6 is 23.2 Å². The highest BCUT2D eigenvalue weighted by Gasteiger charge is 2.12. The second-order valence-corrected chi connectivity index (χ2v) is 4.90. The summed E-state index contributed by atoms with van der Waals surface area (Å²) in [5, 5.41) is 7.53. The molecular formula is C13H8Cl2N4O. The Bertz CT molecular complexity index is 800. The standard InChI is InChI=1S/C13H8Cl2N4O/c14-8-1-2-11(15)10(5-8)13(20)18-9-6-16-12-3-4-17-19(12)7-9/h1-7H,(H,18,20). The number of hydrogen-bond acceptors (Lipinski definition) is 3. The number of amides is 1. The fraction of sp³-hybridized carbons (Fsp3) is 0. The van der Waals surface area contributed by atoms with E-state index in [1.807, 2.05) is 0 Å². The van der Waals surface area contributed by atoms with Crippen molar-refractivity contribution < 1.29 is 4.79 Å². The average Bonchev–Trinajstić information content (AvgIpc) is 2.89. The van der Waals surface area contributed by atoms with Crippen LogP contribution in [0.5, 0.6) is 0 Å². The van der Waals surface area contributed by atoms with Gasteiger partial charge in [-0.3, -0.25) is 4.79 Å². The molecule has 0 aliphatic carbocycles. The highest BCUT2D eigenvalue weighted by Crippen LogP contribution is 2.21. The number of carbonyl (C=O) groups excluding carboxylic acids is 1. The van der Waals surface area contributed by atoms with Crippen LogP contribution in [0.1, 0.15) is 10.4 Å². The minimum atomic E-state index is -0.356. The second kappa shape index (κ2) is 5.11. The highest BCUT2D eigenvalue weighted by atomic mass is 35.5. The summed E-state index contributed by atoms with van der Waals surface area (Å²) in [5.41, 5.74) is 1.52. The largest absolute Gasteiger partial charge is 0.319 e. The average molecular weight is 307 g/mol. The lowest BCUT2D eigenvalue weighted by Gasteiger charge is -2.07. The molecule has 0 saturated heterocycles. The van der Waals surface area contributed by atoms with Crippen LogP contribution in [0, 0.1) is 0 Å². The van der Waals surface area contributed by atoms with E-state index >= 15 is 0 Å². The van der Waals surface area contributed by atoms with Crippen LogP contribution in [-0.4, -0.2) is 20.5 Å². The van der Waals surface area contributed by atoms with Crippen molar-refractivity contribution in [2.45, 2.75) is 0 Å². The lowest BCUT2D eigenvalue weighted by atomic mass is 10.2. The van der Waals surface area contributed by atoms with Crippen LogP contribution in [0.2, 0.25) is 10.0 Å². The number of aromatic nitrogens is 3. The maximum atomic E-state index is 12.1. The van der Waals surface area contributed by atoms with Crippen molar-refractivity contribution in [2.24, 2.45) is 0 Å². The smallest absolute Gasteiger partial charge is 0.257 e. The Balaban J connectivity index is 1.89. The van der Waals surface area contributed by atoms with E-state index < -0.39 is 0 Å². The monoisotopic (exact) mass is 306 g/mol. The molecule has 0 spiro atoms. The summed E-state index contributed by atoms with van der Waals surface area (Å²) >= 11 is 11.8. The molecule has 1 aromatic carbocycles. The first-order valence-electron chi connectivity index (χ1n) is 5.69. The highest BCUT2D eigenvalue weighted by molar-refractivity contribution is 6.36. The molecule has 0 saturated carbocycles. The Hall–Kier alpha value is -2.11. The van der Waals surface area contributed by atoms with Crippen molar-refractivity contribution in [1.29, 1.82) is 0 Å². The van der Waals surface area contributed by atoms with E-state index in [0.29, 0.717) is 26.9 Å². The molecule has 1 N–H and O–H groups in total. The number of benzene rings is 1. The third kappa shape index (κ3) is 2.45. The summed E-state index contributed by atoms with van der Waals surface area (Å²) in [6.45, 7) is 0. The van der Waals surface area contributed by atoms with E-state index in [1.54, 1.807) is 41.3 Å². The van der Waals surface area contributed by atoms with Gasteiger partial charge in [0.05, 0.1) is 34.9 Å². The van der Waals surface area contributed by atoms with E-state index in [-0.39, 0.29) is 5.91 Å². The van der Waals surface area contributed by atoms with Crippen molar-refractivity contribution >= 4 is 40.4 Å². The van der Waals surface area contributed by atoms with E-state index in [1.165, 1.54) is 6.07 Å². The molecule has 2 heterocycles. The van der Waals surface area contributed by atoms with Gasteiger partial charge in [-0.15, -0.1) is 0 Å². The molecular weight excluding hydrogens is 299 g/mol. The number of hydrogen-bond donors (Lipinski definition) is 1. The Morgan fingerprint density at radius 2 is 2.10 bits per heavy atom. The zero-order valence-electron chi connectivity index (χ0n) is 10.0. The van der Waals surface area contributed by atoms with E-state index in [0.717, 1.165) is 0 Å². The fourth-order valence-corrected chi connectivity index (χ4v) is 2.12. The molecule has 0 radical (unpaired) electrons. The Morgan fingerprint density at radius 3 is 2.95 bits per heavy atom. The first kappa shape index (κ1) is 12.9. The first-order valence-corrected chi connectivity index (χ1v) is 6.45. The van der Waals surface area contributed by atoms with Gasteiger partial charge in [-0.2, -0.15) is 5.10 Å². The van der Waals surface area contributed by atoms with Crippen LogP contribution in [0.25, 0.3) is 5.65 Å². The van der Waals surface area contributed by atoms with Crippen LogP contribution < -0.4 is 5.32 Å². The number of halogens is 2. The zero-order chi connectivity index (χ0) is 14.1. The third-order valence-electron chi connectivity index (χ3n) is 2.68. The molecule has 0 atom stereocenters. The van der Waals surface area contributed by atoms with Crippen LogP contribution in [0.3, 0.4) is 0 Å². The predicted octanol–water partition coefficient (Wildman–Crippen LogP) is 3.29. The van der Waals surface area contributed by atoms with Gasteiger partial charge in [0.1, 0.15) is 0 Å². The molecule has 3 rings (SSSR count). The molecule has 0 bridgehead atoms. The van der Waals surface area contributed by atoms with Gasteiger partial charge < -0.3 is 5.32 Å². The van der Waals surface area contributed by atoms with Crippen LogP contribution in [0.4, 0.5) is 5.69 Å².